The SMILES string of the molecule is [O-]c1ccccc1PO. The number of rotatable bonds is 1. The van der Waals surface area contributed by atoms with Gasteiger partial charge in [0.05, 0.1) is 0 Å². The van der Waals surface area contributed by atoms with Crippen molar-refractivity contribution in [2.45, 2.75) is 0 Å². The Morgan fingerprint density at radius 3 is 2.44 bits per heavy atom. The van der Waals surface area contributed by atoms with Crippen LogP contribution in [0.4, 0.5) is 0 Å². The summed E-state index contributed by atoms with van der Waals surface area (Å²) < 4.78 is 0. The molecule has 1 unspecified atom stereocenters. The lowest BCUT2D eigenvalue weighted by Gasteiger charge is -2.08. The summed E-state index contributed by atoms with van der Waals surface area (Å²) >= 11 is 0. The van der Waals surface area contributed by atoms with Gasteiger partial charge in [0, 0.05) is 8.81 Å². The van der Waals surface area contributed by atoms with Crippen molar-refractivity contribution in [2.75, 3.05) is 0 Å². The van der Waals surface area contributed by atoms with Crippen LogP contribution in [-0.2, 0) is 0 Å². The quantitative estimate of drug-likeness (QED) is 0.558. The van der Waals surface area contributed by atoms with E-state index in [1.807, 2.05) is 0 Å². The molecule has 9 heavy (non-hydrogen) atoms. The second kappa shape index (κ2) is 2.81. The molecule has 1 aromatic carbocycles. The molecule has 1 N–H and O–H groups in total. The molecule has 3 heteroatoms. The molecule has 48 valence electrons. The highest BCUT2D eigenvalue weighted by molar-refractivity contribution is 7.41. The molecule has 1 atom stereocenters. The van der Waals surface area contributed by atoms with Crippen LogP contribution in [0, 0.1) is 0 Å². The lowest BCUT2D eigenvalue weighted by atomic mass is 10.3. The van der Waals surface area contributed by atoms with Gasteiger partial charge in [-0.25, -0.2) is 0 Å². The van der Waals surface area contributed by atoms with E-state index in [2.05, 4.69) is 0 Å². The van der Waals surface area contributed by atoms with Crippen molar-refractivity contribution >= 4 is 14.1 Å². The summed E-state index contributed by atoms with van der Waals surface area (Å²) in [7, 11) is -0.384. The Morgan fingerprint density at radius 1 is 1.33 bits per heavy atom. The van der Waals surface area contributed by atoms with Crippen molar-refractivity contribution in [3.05, 3.63) is 24.3 Å². The monoisotopic (exact) mass is 141 g/mol. The average Bonchev–Trinajstić information content (AvgIpc) is 1.89. The molecule has 0 heterocycles. The summed E-state index contributed by atoms with van der Waals surface area (Å²) in [6.45, 7) is 0. The molecule has 0 saturated heterocycles. The van der Waals surface area contributed by atoms with E-state index in [1.165, 1.54) is 6.07 Å². The predicted octanol–water partition coefficient (Wildman–Crippen LogP) is -0.0287. The molecule has 0 aromatic heterocycles. The molecule has 0 aliphatic carbocycles. The van der Waals surface area contributed by atoms with E-state index in [0.717, 1.165) is 0 Å². The lowest BCUT2D eigenvalue weighted by molar-refractivity contribution is -0.266. The Kier molecular flexibility index (Phi) is 2.04. The fourth-order valence-electron chi connectivity index (χ4n) is 0.559. The van der Waals surface area contributed by atoms with Gasteiger partial charge < -0.3 is 10.00 Å². The third-order valence-electron chi connectivity index (χ3n) is 1.01. The van der Waals surface area contributed by atoms with E-state index >= 15 is 0 Å². The minimum atomic E-state index is -0.384. The van der Waals surface area contributed by atoms with Crippen LogP contribution < -0.4 is 10.4 Å². The molecule has 2 nitrogen and oxygen atoms in total. The fourth-order valence-corrected chi connectivity index (χ4v) is 0.923. The molecular formula is C6H6O2P-. The van der Waals surface area contributed by atoms with E-state index in [1.54, 1.807) is 18.2 Å². The Morgan fingerprint density at radius 2 is 2.00 bits per heavy atom. The minimum absolute atomic E-state index is 0.0849. The van der Waals surface area contributed by atoms with Crippen LogP contribution in [0.1, 0.15) is 0 Å². The Balaban J connectivity index is 3.01. The Labute approximate surface area is 55.0 Å². The molecule has 0 saturated carbocycles. The van der Waals surface area contributed by atoms with Gasteiger partial charge in [-0.2, -0.15) is 0 Å². The summed E-state index contributed by atoms with van der Waals surface area (Å²) in [6.07, 6.45) is 0. The van der Waals surface area contributed by atoms with E-state index in [0.29, 0.717) is 5.30 Å². The van der Waals surface area contributed by atoms with Gasteiger partial charge in [0.2, 0.25) is 0 Å². The van der Waals surface area contributed by atoms with Crippen molar-refractivity contribution in [3.63, 3.8) is 0 Å². The van der Waals surface area contributed by atoms with Gasteiger partial charge >= 0.3 is 0 Å². The molecule has 0 aliphatic heterocycles. The van der Waals surface area contributed by atoms with E-state index in [4.69, 9.17) is 4.89 Å². The second-order valence-electron chi connectivity index (χ2n) is 1.61. The molecule has 0 spiro atoms. The maximum absolute atomic E-state index is 10.7. The van der Waals surface area contributed by atoms with Gasteiger partial charge in [-0.15, -0.1) is 0 Å². The van der Waals surface area contributed by atoms with Crippen LogP contribution in [0.3, 0.4) is 0 Å². The number of benzene rings is 1. The fraction of sp³-hybridized carbons (Fsp3) is 0. The summed E-state index contributed by atoms with van der Waals surface area (Å²) in [5.74, 6) is -0.0849. The van der Waals surface area contributed by atoms with Crippen LogP contribution in [0.15, 0.2) is 24.3 Å². The van der Waals surface area contributed by atoms with Gasteiger partial charge in [-0.1, -0.05) is 30.0 Å². The van der Waals surface area contributed by atoms with Crippen molar-refractivity contribution in [1.82, 2.24) is 0 Å². The normalized spacial score (nSPS) is 10.8. The zero-order valence-electron chi connectivity index (χ0n) is 4.66. The lowest BCUT2D eigenvalue weighted by Crippen LogP contribution is -2.03. The van der Waals surface area contributed by atoms with Crippen molar-refractivity contribution in [2.24, 2.45) is 0 Å². The molecule has 0 fully saturated rings. The minimum Gasteiger partial charge on any atom is -0.872 e. The molecule has 0 radical (unpaired) electrons. The highest BCUT2D eigenvalue weighted by atomic mass is 31.1. The highest BCUT2D eigenvalue weighted by Crippen LogP contribution is 2.09. The highest BCUT2D eigenvalue weighted by Gasteiger charge is 1.86. The standard InChI is InChI=1S/C6H7O2P/c7-5-3-1-2-4-6(5)9-8/h1-4,7-9H/p-1. The summed E-state index contributed by atoms with van der Waals surface area (Å²) in [5, 5.41) is 11.2. The summed E-state index contributed by atoms with van der Waals surface area (Å²) in [4.78, 5) is 8.55. The summed E-state index contributed by atoms with van der Waals surface area (Å²) in [5.41, 5.74) is 0. The Bertz CT molecular complexity index is 200. The first-order valence-corrected chi connectivity index (χ1v) is 3.45. The van der Waals surface area contributed by atoms with Gasteiger partial charge in [-0.05, 0) is 5.30 Å². The topological polar surface area (TPSA) is 43.3 Å². The summed E-state index contributed by atoms with van der Waals surface area (Å²) in [6, 6.07) is 6.46. The van der Waals surface area contributed by atoms with Crippen LogP contribution in [0.5, 0.6) is 5.75 Å². The van der Waals surface area contributed by atoms with Crippen LogP contribution >= 0.6 is 8.81 Å². The number of hydrogen-bond donors (Lipinski definition) is 1. The smallest absolute Gasteiger partial charge is 0.0413 e. The molecule has 1 rings (SSSR count). The van der Waals surface area contributed by atoms with Crippen molar-refractivity contribution < 1.29 is 10.00 Å². The molecular weight excluding hydrogens is 135 g/mol. The van der Waals surface area contributed by atoms with E-state index in [9.17, 15) is 5.11 Å². The van der Waals surface area contributed by atoms with Crippen LogP contribution in [0.2, 0.25) is 0 Å². The van der Waals surface area contributed by atoms with Crippen molar-refractivity contribution in [1.29, 1.82) is 0 Å². The first kappa shape index (κ1) is 6.53. The number of hydrogen-bond acceptors (Lipinski definition) is 2. The van der Waals surface area contributed by atoms with Gasteiger partial charge in [0.25, 0.3) is 0 Å². The van der Waals surface area contributed by atoms with E-state index in [-0.39, 0.29) is 14.6 Å². The van der Waals surface area contributed by atoms with Gasteiger partial charge in [0.15, 0.2) is 0 Å². The molecule has 0 aliphatic rings. The third-order valence-corrected chi connectivity index (χ3v) is 1.66. The van der Waals surface area contributed by atoms with Crippen LogP contribution in [-0.4, -0.2) is 4.89 Å². The largest absolute Gasteiger partial charge is 0.872 e. The predicted molar refractivity (Wildman–Crippen MR) is 36.1 cm³/mol. The third kappa shape index (κ3) is 1.41. The Hall–Kier alpha value is -0.590. The first-order valence-electron chi connectivity index (χ1n) is 2.51. The maximum Gasteiger partial charge on any atom is 0.0413 e. The molecule has 0 amide bonds. The second-order valence-corrected chi connectivity index (χ2v) is 2.37. The van der Waals surface area contributed by atoms with Gasteiger partial charge in [0.1, 0.15) is 0 Å². The molecule has 0 bridgehead atoms. The van der Waals surface area contributed by atoms with E-state index < -0.39 is 0 Å². The zero-order valence-corrected chi connectivity index (χ0v) is 5.66. The zero-order chi connectivity index (χ0) is 6.69. The molecule has 1 aromatic rings. The van der Waals surface area contributed by atoms with Crippen molar-refractivity contribution in [3.8, 4) is 5.75 Å². The van der Waals surface area contributed by atoms with Gasteiger partial charge in [-0.3, -0.25) is 0 Å². The van der Waals surface area contributed by atoms with Crippen LogP contribution in [0.25, 0.3) is 0 Å². The first-order chi connectivity index (χ1) is 4.34. The average molecular weight is 141 g/mol. The number of para-hydroxylation sites is 1. The maximum atomic E-state index is 10.7.